The molecule has 0 spiro atoms. The van der Waals surface area contributed by atoms with Crippen LogP contribution in [-0.4, -0.2) is 14.5 Å². The Hall–Kier alpha value is -1.16. The zero-order valence-corrected chi connectivity index (χ0v) is 11.8. The Labute approximate surface area is 114 Å². The molecule has 1 aliphatic heterocycles. The summed E-state index contributed by atoms with van der Waals surface area (Å²) in [5, 5.41) is 0. The SMILES string of the molecule is Cc1cccc(-c2nc3n(c2Br)[C@@H]2CC[C@H]3C2)n1. The predicted molar refractivity (Wildman–Crippen MR) is 73.5 cm³/mol. The molecular formula is C14H14BrN3. The molecule has 0 amide bonds. The quantitative estimate of drug-likeness (QED) is 0.801. The van der Waals surface area contributed by atoms with E-state index in [9.17, 15) is 0 Å². The van der Waals surface area contributed by atoms with Gasteiger partial charge in [0.05, 0.1) is 5.69 Å². The van der Waals surface area contributed by atoms with Gasteiger partial charge in [0, 0.05) is 17.7 Å². The number of hydrogen-bond donors (Lipinski definition) is 0. The van der Waals surface area contributed by atoms with Gasteiger partial charge in [0.15, 0.2) is 0 Å². The smallest absolute Gasteiger partial charge is 0.122 e. The van der Waals surface area contributed by atoms with Crippen LogP contribution in [0, 0.1) is 6.92 Å². The number of hydrogen-bond acceptors (Lipinski definition) is 2. The summed E-state index contributed by atoms with van der Waals surface area (Å²) in [5.41, 5.74) is 3.02. The summed E-state index contributed by atoms with van der Waals surface area (Å²) in [6.45, 7) is 2.02. The maximum absolute atomic E-state index is 4.84. The van der Waals surface area contributed by atoms with Gasteiger partial charge in [-0.3, -0.25) is 4.98 Å². The third-order valence-electron chi connectivity index (χ3n) is 4.15. The van der Waals surface area contributed by atoms with Gasteiger partial charge in [-0.25, -0.2) is 4.98 Å². The summed E-state index contributed by atoms with van der Waals surface area (Å²) in [7, 11) is 0. The van der Waals surface area contributed by atoms with Crippen molar-refractivity contribution < 1.29 is 0 Å². The van der Waals surface area contributed by atoms with Crippen LogP contribution in [0.2, 0.25) is 0 Å². The second kappa shape index (κ2) is 3.67. The average molecular weight is 304 g/mol. The molecule has 4 rings (SSSR count). The van der Waals surface area contributed by atoms with Crippen LogP contribution in [0.3, 0.4) is 0 Å². The lowest BCUT2D eigenvalue weighted by molar-refractivity contribution is 0.518. The highest BCUT2D eigenvalue weighted by Crippen LogP contribution is 2.51. The molecule has 4 heteroatoms. The lowest BCUT2D eigenvalue weighted by atomic mass is 10.1. The third-order valence-corrected chi connectivity index (χ3v) is 4.90. The van der Waals surface area contributed by atoms with Gasteiger partial charge < -0.3 is 4.57 Å². The van der Waals surface area contributed by atoms with E-state index in [4.69, 9.17) is 4.98 Å². The summed E-state index contributed by atoms with van der Waals surface area (Å²) < 4.78 is 3.50. The molecule has 2 bridgehead atoms. The topological polar surface area (TPSA) is 30.7 Å². The second-order valence-corrected chi connectivity index (χ2v) is 6.06. The van der Waals surface area contributed by atoms with Crippen molar-refractivity contribution in [2.45, 2.75) is 38.1 Å². The molecule has 3 nitrogen and oxygen atoms in total. The van der Waals surface area contributed by atoms with E-state index < -0.39 is 0 Å². The number of halogens is 1. The lowest BCUT2D eigenvalue weighted by Gasteiger charge is -2.13. The Bertz CT molecular complexity index is 632. The monoisotopic (exact) mass is 303 g/mol. The van der Waals surface area contributed by atoms with Gasteiger partial charge in [-0.1, -0.05) is 6.07 Å². The van der Waals surface area contributed by atoms with E-state index in [0.29, 0.717) is 12.0 Å². The Morgan fingerprint density at radius 2 is 2.17 bits per heavy atom. The van der Waals surface area contributed by atoms with Gasteiger partial charge in [-0.05, 0) is 54.2 Å². The molecule has 0 saturated heterocycles. The van der Waals surface area contributed by atoms with Gasteiger partial charge in [0.25, 0.3) is 0 Å². The fourth-order valence-electron chi connectivity index (χ4n) is 3.33. The Kier molecular flexibility index (Phi) is 2.19. The minimum absolute atomic E-state index is 0.658. The van der Waals surface area contributed by atoms with Crippen LogP contribution in [0.5, 0.6) is 0 Å². The highest BCUT2D eigenvalue weighted by Gasteiger charge is 2.40. The van der Waals surface area contributed by atoms with Crippen molar-refractivity contribution in [3.05, 3.63) is 34.3 Å². The van der Waals surface area contributed by atoms with E-state index >= 15 is 0 Å². The molecule has 0 N–H and O–H groups in total. The first-order valence-electron chi connectivity index (χ1n) is 6.45. The third kappa shape index (κ3) is 1.35. The molecule has 2 aromatic rings. The van der Waals surface area contributed by atoms with Gasteiger partial charge in [-0.15, -0.1) is 0 Å². The highest BCUT2D eigenvalue weighted by molar-refractivity contribution is 9.10. The van der Waals surface area contributed by atoms with E-state index in [1.807, 2.05) is 25.1 Å². The molecule has 1 fully saturated rings. The van der Waals surface area contributed by atoms with Crippen molar-refractivity contribution in [3.63, 3.8) is 0 Å². The van der Waals surface area contributed by atoms with E-state index in [1.54, 1.807) is 0 Å². The first-order chi connectivity index (χ1) is 8.74. The maximum Gasteiger partial charge on any atom is 0.122 e. The molecule has 0 radical (unpaired) electrons. The second-order valence-electron chi connectivity index (χ2n) is 5.31. The Morgan fingerprint density at radius 3 is 2.94 bits per heavy atom. The molecule has 0 unspecified atom stereocenters. The average Bonchev–Trinajstić information content (AvgIpc) is 3.02. The first kappa shape index (κ1) is 10.7. The fourth-order valence-corrected chi connectivity index (χ4v) is 4.09. The summed E-state index contributed by atoms with van der Waals surface area (Å²) in [5.74, 6) is 1.93. The van der Waals surface area contributed by atoms with Gasteiger partial charge in [0.2, 0.25) is 0 Å². The Morgan fingerprint density at radius 1 is 1.28 bits per heavy atom. The summed E-state index contributed by atoms with van der Waals surface area (Å²) >= 11 is 3.73. The van der Waals surface area contributed by atoms with Crippen molar-refractivity contribution in [2.24, 2.45) is 0 Å². The molecule has 92 valence electrons. The predicted octanol–water partition coefficient (Wildman–Crippen LogP) is 3.84. The summed E-state index contributed by atoms with van der Waals surface area (Å²) in [6.07, 6.45) is 3.88. The molecule has 1 saturated carbocycles. The zero-order valence-electron chi connectivity index (χ0n) is 10.2. The molecule has 0 aromatic carbocycles. The van der Waals surface area contributed by atoms with Crippen LogP contribution in [0.25, 0.3) is 11.4 Å². The number of pyridine rings is 1. The number of fused-ring (bicyclic) bond motifs is 5. The maximum atomic E-state index is 4.84. The number of aryl methyl sites for hydroxylation is 1. The molecule has 18 heavy (non-hydrogen) atoms. The van der Waals surface area contributed by atoms with E-state index in [1.165, 1.54) is 25.1 Å². The van der Waals surface area contributed by atoms with Crippen LogP contribution >= 0.6 is 15.9 Å². The normalized spacial score (nSPS) is 24.6. The minimum Gasteiger partial charge on any atom is -0.319 e. The van der Waals surface area contributed by atoms with Crippen molar-refractivity contribution in [1.82, 2.24) is 14.5 Å². The number of rotatable bonds is 1. The van der Waals surface area contributed by atoms with Crippen LogP contribution in [0.4, 0.5) is 0 Å². The molecule has 2 atom stereocenters. The highest BCUT2D eigenvalue weighted by atomic mass is 79.9. The molecule has 2 aliphatic rings. The minimum atomic E-state index is 0.658. The van der Waals surface area contributed by atoms with Gasteiger partial charge in [0.1, 0.15) is 16.1 Å². The van der Waals surface area contributed by atoms with Crippen molar-refractivity contribution in [3.8, 4) is 11.4 Å². The van der Waals surface area contributed by atoms with E-state index in [2.05, 4.69) is 25.5 Å². The van der Waals surface area contributed by atoms with Crippen LogP contribution in [0.1, 0.15) is 42.7 Å². The lowest BCUT2D eigenvalue weighted by Crippen LogP contribution is -2.06. The molecule has 3 heterocycles. The summed E-state index contributed by atoms with van der Waals surface area (Å²) in [6, 6.07) is 6.76. The number of imidazole rings is 1. The van der Waals surface area contributed by atoms with Crippen LogP contribution in [-0.2, 0) is 0 Å². The van der Waals surface area contributed by atoms with Crippen molar-refractivity contribution >= 4 is 15.9 Å². The fraction of sp³-hybridized carbons (Fsp3) is 0.429. The van der Waals surface area contributed by atoms with E-state index in [0.717, 1.165) is 21.7 Å². The largest absolute Gasteiger partial charge is 0.319 e. The van der Waals surface area contributed by atoms with Crippen molar-refractivity contribution in [2.75, 3.05) is 0 Å². The first-order valence-corrected chi connectivity index (χ1v) is 7.25. The van der Waals surface area contributed by atoms with Crippen LogP contribution < -0.4 is 0 Å². The standard InChI is InChI=1S/C14H14BrN3/c1-8-3-2-4-11(16-8)12-13(15)18-10-6-5-9(7-10)14(18)17-12/h2-4,9-10H,5-7H2,1H3/t9-,10+/m0/s1. The molecule has 2 aromatic heterocycles. The van der Waals surface area contributed by atoms with Gasteiger partial charge >= 0.3 is 0 Å². The molecular weight excluding hydrogens is 290 g/mol. The zero-order chi connectivity index (χ0) is 12.3. The van der Waals surface area contributed by atoms with Crippen LogP contribution in [0.15, 0.2) is 22.8 Å². The summed E-state index contributed by atoms with van der Waals surface area (Å²) in [4.78, 5) is 9.42. The number of nitrogens with zero attached hydrogens (tertiary/aromatic N) is 3. The van der Waals surface area contributed by atoms with Gasteiger partial charge in [-0.2, -0.15) is 0 Å². The number of aromatic nitrogens is 3. The van der Waals surface area contributed by atoms with Crippen molar-refractivity contribution in [1.29, 1.82) is 0 Å². The molecule has 1 aliphatic carbocycles. The Balaban J connectivity index is 1.89. The van der Waals surface area contributed by atoms with E-state index in [-0.39, 0.29) is 0 Å².